The van der Waals surface area contributed by atoms with Crippen molar-refractivity contribution in [3.05, 3.63) is 53.6 Å². The van der Waals surface area contributed by atoms with Crippen LogP contribution in [0.25, 0.3) is 0 Å². The maximum atomic E-state index is 5.54. The molecule has 1 atom stereocenters. The molecule has 20 heavy (non-hydrogen) atoms. The van der Waals surface area contributed by atoms with Crippen molar-refractivity contribution in [2.75, 3.05) is 7.11 Å². The van der Waals surface area contributed by atoms with E-state index in [4.69, 9.17) is 4.74 Å². The van der Waals surface area contributed by atoms with Gasteiger partial charge in [-0.1, -0.05) is 69.9 Å². The Morgan fingerprint density at radius 3 is 2.30 bits per heavy atom. The highest BCUT2D eigenvalue weighted by Gasteiger charge is 2.33. The Labute approximate surface area is 124 Å². The minimum absolute atomic E-state index is 0.0164. The fourth-order valence-corrected chi connectivity index (χ4v) is 4.14. The van der Waals surface area contributed by atoms with E-state index >= 15 is 0 Å². The summed E-state index contributed by atoms with van der Waals surface area (Å²) >= 11 is 0. The number of benzene rings is 1. The number of rotatable bonds is 4. The van der Waals surface area contributed by atoms with Gasteiger partial charge in [0.15, 0.2) is 0 Å². The Morgan fingerprint density at radius 2 is 1.75 bits per heavy atom. The molecule has 0 spiro atoms. The lowest BCUT2D eigenvalue weighted by atomic mass is 9.77. The highest BCUT2D eigenvalue weighted by molar-refractivity contribution is 6.78. The monoisotopic (exact) mass is 286 g/mol. The molecule has 1 aromatic rings. The minimum Gasteiger partial charge on any atom is -0.496 e. The Morgan fingerprint density at radius 1 is 1.10 bits per heavy atom. The third-order valence-corrected chi connectivity index (χ3v) is 6.70. The molecule has 1 aliphatic rings. The smallest absolute Gasteiger partial charge is 0.122 e. The molecule has 0 amide bonds. The van der Waals surface area contributed by atoms with Gasteiger partial charge in [-0.2, -0.15) is 0 Å². The molecule has 1 aromatic carbocycles. The molecule has 0 saturated carbocycles. The maximum absolute atomic E-state index is 5.54. The van der Waals surface area contributed by atoms with E-state index in [1.165, 1.54) is 11.1 Å². The number of allylic oxidation sites excluding steroid dienone is 4. The Kier molecular flexibility index (Phi) is 3.97. The van der Waals surface area contributed by atoms with Crippen LogP contribution in [-0.4, -0.2) is 15.2 Å². The van der Waals surface area contributed by atoms with E-state index in [-0.39, 0.29) is 5.41 Å². The van der Waals surface area contributed by atoms with E-state index in [9.17, 15) is 0 Å². The van der Waals surface area contributed by atoms with Crippen LogP contribution in [-0.2, 0) is 5.41 Å². The highest BCUT2D eigenvalue weighted by atomic mass is 28.3. The Bertz CT molecular complexity index is 547. The standard InChI is InChI=1S/C18H26OSi/c1-18(2,16-9-7-8-10-17(16)19-3)14-11-12-15(13-14)20(4,5)6/h7-13,15H,1-6H3. The molecule has 1 aliphatic carbocycles. The van der Waals surface area contributed by atoms with Gasteiger partial charge in [-0.15, -0.1) is 0 Å². The topological polar surface area (TPSA) is 9.23 Å². The van der Waals surface area contributed by atoms with Gasteiger partial charge in [-0.25, -0.2) is 0 Å². The van der Waals surface area contributed by atoms with Crippen LogP contribution in [0.4, 0.5) is 0 Å². The summed E-state index contributed by atoms with van der Waals surface area (Å²) in [7, 11) is 0.587. The SMILES string of the molecule is COc1ccccc1C(C)(C)C1=CC([Si](C)(C)C)C=C1. The van der Waals surface area contributed by atoms with Crippen molar-refractivity contribution in [1.29, 1.82) is 0 Å². The van der Waals surface area contributed by atoms with E-state index in [2.05, 4.69) is 63.8 Å². The molecule has 1 nitrogen and oxygen atoms in total. The minimum atomic E-state index is -1.16. The summed E-state index contributed by atoms with van der Waals surface area (Å²) in [5, 5.41) is 0. The van der Waals surface area contributed by atoms with Crippen LogP contribution >= 0.6 is 0 Å². The zero-order chi connectivity index (χ0) is 15.0. The van der Waals surface area contributed by atoms with Gasteiger partial charge in [0.05, 0.1) is 15.2 Å². The fraction of sp³-hybridized carbons (Fsp3) is 0.444. The zero-order valence-electron chi connectivity index (χ0n) is 13.5. The number of para-hydroxylation sites is 1. The summed E-state index contributed by atoms with van der Waals surface area (Å²) in [6.07, 6.45) is 7.17. The molecule has 0 radical (unpaired) electrons. The summed E-state index contributed by atoms with van der Waals surface area (Å²) in [5.74, 6) is 0.975. The van der Waals surface area contributed by atoms with E-state index in [0.717, 1.165) is 5.75 Å². The molecular formula is C18H26OSi. The van der Waals surface area contributed by atoms with E-state index in [0.29, 0.717) is 5.54 Å². The second kappa shape index (κ2) is 5.25. The molecule has 0 aromatic heterocycles. The highest BCUT2D eigenvalue weighted by Crippen LogP contribution is 2.43. The zero-order valence-corrected chi connectivity index (χ0v) is 14.5. The lowest BCUT2D eigenvalue weighted by Crippen LogP contribution is -2.25. The average Bonchev–Trinajstić information content (AvgIpc) is 2.88. The quantitative estimate of drug-likeness (QED) is 0.693. The van der Waals surface area contributed by atoms with Gasteiger partial charge in [0, 0.05) is 11.0 Å². The molecule has 0 fully saturated rings. The van der Waals surface area contributed by atoms with Gasteiger partial charge in [0.2, 0.25) is 0 Å². The van der Waals surface area contributed by atoms with Crippen molar-refractivity contribution in [3.63, 3.8) is 0 Å². The molecule has 0 bridgehead atoms. The molecule has 108 valence electrons. The van der Waals surface area contributed by atoms with Crippen molar-refractivity contribution in [2.24, 2.45) is 0 Å². The Hall–Kier alpha value is -1.28. The normalized spacial score (nSPS) is 19.1. The molecule has 1 unspecified atom stereocenters. The third-order valence-electron chi connectivity index (χ3n) is 4.34. The van der Waals surface area contributed by atoms with Gasteiger partial charge in [0.1, 0.15) is 5.75 Å². The van der Waals surface area contributed by atoms with Crippen LogP contribution in [0.1, 0.15) is 19.4 Å². The average molecular weight is 286 g/mol. The summed E-state index contributed by atoms with van der Waals surface area (Å²) in [4.78, 5) is 0. The first-order valence-electron chi connectivity index (χ1n) is 7.31. The van der Waals surface area contributed by atoms with Crippen LogP contribution in [0.2, 0.25) is 25.2 Å². The van der Waals surface area contributed by atoms with Crippen molar-refractivity contribution in [2.45, 2.75) is 44.4 Å². The first-order valence-corrected chi connectivity index (χ1v) is 10.9. The maximum Gasteiger partial charge on any atom is 0.122 e. The van der Waals surface area contributed by atoms with Gasteiger partial charge < -0.3 is 4.74 Å². The largest absolute Gasteiger partial charge is 0.496 e. The summed E-state index contributed by atoms with van der Waals surface area (Å²) in [5.41, 5.74) is 3.30. The third kappa shape index (κ3) is 2.75. The second-order valence-corrected chi connectivity index (χ2v) is 12.6. The van der Waals surface area contributed by atoms with E-state index in [1.54, 1.807) is 7.11 Å². The van der Waals surface area contributed by atoms with Crippen molar-refractivity contribution < 1.29 is 4.74 Å². The number of hydrogen-bond donors (Lipinski definition) is 0. The molecule has 2 heteroatoms. The summed E-state index contributed by atoms with van der Waals surface area (Å²) < 4.78 is 5.54. The van der Waals surface area contributed by atoms with Crippen LogP contribution in [0.15, 0.2) is 48.1 Å². The lowest BCUT2D eigenvalue weighted by Gasteiger charge is -2.28. The first kappa shape index (κ1) is 15.1. The second-order valence-electron chi connectivity index (χ2n) is 7.20. The number of ether oxygens (including phenoxy) is 1. The van der Waals surface area contributed by atoms with Crippen molar-refractivity contribution in [1.82, 2.24) is 0 Å². The number of hydrogen-bond acceptors (Lipinski definition) is 1. The van der Waals surface area contributed by atoms with Crippen LogP contribution in [0.5, 0.6) is 5.75 Å². The molecule has 2 rings (SSSR count). The van der Waals surface area contributed by atoms with Crippen LogP contribution in [0.3, 0.4) is 0 Å². The predicted molar refractivity (Wildman–Crippen MR) is 90.3 cm³/mol. The molecular weight excluding hydrogens is 260 g/mol. The first-order chi connectivity index (χ1) is 9.26. The van der Waals surface area contributed by atoms with Gasteiger partial charge >= 0.3 is 0 Å². The number of methoxy groups -OCH3 is 1. The lowest BCUT2D eigenvalue weighted by molar-refractivity contribution is 0.401. The molecule has 0 saturated heterocycles. The van der Waals surface area contributed by atoms with Gasteiger partial charge in [-0.3, -0.25) is 0 Å². The van der Waals surface area contributed by atoms with E-state index in [1.807, 2.05) is 12.1 Å². The summed E-state index contributed by atoms with van der Waals surface area (Å²) in [6, 6.07) is 8.35. The van der Waals surface area contributed by atoms with Crippen molar-refractivity contribution in [3.8, 4) is 5.75 Å². The van der Waals surface area contributed by atoms with Crippen LogP contribution < -0.4 is 4.74 Å². The van der Waals surface area contributed by atoms with Crippen molar-refractivity contribution >= 4 is 8.07 Å². The van der Waals surface area contributed by atoms with Gasteiger partial charge in [-0.05, 0) is 17.2 Å². The molecule has 0 heterocycles. The van der Waals surface area contributed by atoms with E-state index < -0.39 is 8.07 Å². The van der Waals surface area contributed by atoms with Crippen LogP contribution in [0, 0.1) is 0 Å². The predicted octanol–water partition coefficient (Wildman–Crippen LogP) is 5.18. The molecule has 0 aliphatic heterocycles. The Balaban J connectivity index is 2.40. The fourth-order valence-electron chi connectivity index (χ4n) is 2.78. The van der Waals surface area contributed by atoms with Gasteiger partial charge in [0.25, 0.3) is 0 Å². The summed E-state index contributed by atoms with van der Waals surface area (Å²) in [6.45, 7) is 11.9. The molecule has 0 N–H and O–H groups in total.